The quantitative estimate of drug-likeness (QED) is 0.696. The van der Waals surface area contributed by atoms with Crippen LogP contribution >= 0.6 is 0 Å². The summed E-state index contributed by atoms with van der Waals surface area (Å²) in [6.45, 7) is 0.538. The number of nitrogens with zero attached hydrogens (tertiary/aromatic N) is 4. The summed E-state index contributed by atoms with van der Waals surface area (Å²) in [5.41, 5.74) is -0.487. The maximum absolute atomic E-state index is 12.7. The van der Waals surface area contributed by atoms with Gasteiger partial charge in [-0.2, -0.15) is 18.3 Å². The van der Waals surface area contributed by atoms with Gasteiger partial charge in [0.1, 0.15) is 11.5 Å². The summed E-state index contributed by atoms with van der Waals surface area (Å²) in [6, 6.07) is 5.52. The second kappa shape index (κ2) is 7.15. The number of halogens is 3. The van der Waals surface area contributed by atoms with Crippen LogP contribution in [0.15, 0.2) is 41.5 Å². The van der Waals surface area contributed by atoms with Crippen LogP contribution in [0.1, 0.15) is 34.3 Å². The average molecular weight is 404 g/mol. The highest BCUT2D eigenvalue weighted by atomic mass is 19.4. The summed E-state index contributed by atoms with van der Waals surface area (Å²) < 4.78 is 38.1. The van der Waals surface area contributed by atoms with Gasteiger partial charge in [0.2, 0.25) is 0 Å². The second-order valence-corrected chi connectivity index (χ2v) is 6.65. The molecule has 1 aliphatic rings. The Morgan fingerprint density at radius 1 is 1.21 bits per heavy atom. The molecule has 11 heteroatoms. The standard InChI is InChI=1S/C18H15F3N6O2/c19-18(20,21)14-7-13(25-26-14)17(29)27-6-3-11(9-27)16-23-12(8-15(28)24-16)10-1-4-22-5-2-10/h1-2,4-5,7-8,11H,3,6,9H2,(H,25,26)(H,23,24,28)/t11-/m1/s1. The van der Waals surface area contributed by atoms with Gasteiger partial charge in [0.15, 0.2) is 5.69 Å². The van der Waals surface area contributed by atoms with E-state index in [0.717, 1.165) is 5.56 Å². The van der Waals surface area contributed by atoms with Gasteiger partial charge in [-0.25, -0.2) is 4.98 Å². The Bertz CT molecular complexity index is 1090. The number of nitrogens with one attached hydrogen (secondary N) is 2. The minimum absolute atomic E-state index is 0.218. The van der Waals surface area contributed by atoms with Gasteiger partial charge >= 0.3 is 6.18 Å². The van der Waals surface area contributed by atoms with E-state index in [1.54, 1.807) is 24.5 Å². The van der Waals surface area contributed by atoms with E-state index in [0.29, 0.717) is 30.6 Å². The van der Waals surface area contributed by atoms with Crippen LogP contribution in [0.2, 0.25) is 0 Å². The van der Waals surface area contributed by atoms with Crippen molar-refractivity contribution in [3.8, 4) is 11.3 Å². The lowest BCUT2D eigenvalue weighted by Gasteiger charge is -2.15. The normalized spacial score (nSPS) is 16.9. The van der Waals surface area contributed by atoms with Crippen LogP contribution in [0.4, 0.5) is 13.2 Å². The maximum Gasteiger partial charge on any atom is 0.432 e. The molecular formula is C18H15F3N6O2. The van der Waals surface area contributed by atoms with Gasteiger partial charge in [-0.05, 0) is 18.6 Å². The minimum atomic E-state index is -4.60. The summed E-state index contributed by atoms with van der Waals surface area (Å²) in [6.07, 6.45) is -0.902. The second-order valence-electron chi connectivity index (χ2n) is 6.65. The van der Waals surface area contributed by atoms with E-state index in [-0.39, 0.29) is 23.7 Å². The fourth-order valence-corrected chi connectivity index (χ4v) is 3.25. The van der Waals surface area contributed by atoms with Crippen molar-refractivity contribution in [2.75, 3.05) is 13.1 Å². The molecular weight excluding hydrogens is 389 g/mol. The van der Waals surface area contributed by atoms with Crippen LogP contribution in [0, 0.1) is 0 Å². The highest BCUT2D eigenvalue weighted by molar-refractivity contribution is 5.92. The zero-order valence-electron chi connectivity index (χ0n) is 14.9. The Morgan fingerprint density at radius 3 is 2.66 bits per heavy atom. The summed E-state index contributed by atoms with van der Waals surface area (Å²) in [5.74, 6) is -0.418. The zero-order valence-corrected chi connectivity index (χ0v) is 14.9. The van der Waals surface area contributed by atoms with Crippen LogP contribution in [-0.4, -0.2) is 49.0 Å². The van der Waals surface area contributed by atoms with Gasteiger partial charge in [-0.15, -0.1) is 0 Å². The van der Waals surface area contributed by atoms with Crippen LogP contribution < -0.4 is 5.56 Å². The van der Waals surface area contributed by atoms with E-state index in [4.69, 9.17) is 0 Å². The van der Waals surface area contributed by atoms with Crippen molar-refractivity contribution in [1.29, 1.82) is 0 Å². The number of carbonyl (C=O) groups excluding carboxylic acids is 1. The lowest BCUT2D eigenvalue weighted by Crippen LogP contribution is -2.29. The molecule has 8 nitrogen and oxygen atoms in total. The number of alkyl halides is 3. The minimum Gasteiger partial charge on any atom is -0.336 e. The molecule has 1 amide bonds. The number of H-pyrrole nitrogens is 2. The predicted molar refractivity (Wildman–Crippen MR) is 94.9 cm³/mol. The zero-order chi connectivity index (χ0) is 20.6. The highest BCUT2D eigenvalue weighted by Gasteiger charge is 2.36. The number of rotatable bonds is 3. The number of aromatic nitrogens is 5. The number of hydrogen-bond donors (Lipinski definition) is 2. The van der Waals surface area contributed by atoms with E-state index in [1.165, 1.54) is 11.0 Å². The number of carbonyl (C=O) groups is 1. The van der Waals surface area contributed by atoms with Crippen LogP contribution in [0.3, 0.4) is 0 Å². The first-order valence-electron chi connectivity index (χ1n) is 8.75. The molecule has 2 N–H and O–H groups in total. The fraction of sp³-hybridized carbons (Fsp3) is 0.278. The van der Waals surface area contributed by atoms with Gasteiger partial charge in [0, 0.05) is 49.1 Å². The summed E-state index contributed by atoms with van der Waals surface area (Å²) in [4.78, 5) is 37.1. The van der Waals surface area contributed by atoms with Crippen LogP contribution in [-0.2, 0) is 6.18 Å². The van der Waals surface area contributed by atoms with Gasteiger partial charge in [-0.3, -0.25) is 19.7 Å². The van der Waals surface area contributed by atoms with Crippen molar-refractivity contribution in [3.63, 3.8) is 0 Å². The van der Waals surface area contributed by atoms with Crippen molar-refractivity contribution in [2.24, 2.45) is 0 Å². The Labute approximate surface area is 161 Å². The first-order valence-corrected chi connectivity index (χ1v) is 8.75. The van der Waals surface area contributed by atoms with Gasteiger partial charge in [-0.1, -0.05) is 0 Å². The molecule has 29 heavy (non-hydrogen) atoms. The third-order valence-electron chi connectivity index (χ3n) is 4.70. The Balaban J connectivity index is 1.53. The van der Waals surface area contributed by atoms with Gasteiger partial charge in [0.05, 0.1) is 5.69 Å². The van der Waals surface area contributed by atoms with Gasteiger partial charge < -0.3 is 9.88 Å². The van der Waals surface area contributed by atoms with Crippen LogP contribution in [0.25, 0.3) is 11.3 Å². The van der Waals surface area contributed by atoms with E-state index in [2.05, 4.69) is 20.1 Å². The molecule has 4 heterocycles. The molecule has 1 aliphatic heterocycles. The molecule has 0 unspecified atom stereocenters. The SMILES string of the molecule is O=C(c1cc(C(F)(F)F)[nH]n1)N1CC[C@@H](c2nc(-c3ccncc3)cc(=O)[nH]2)C1. The van der Waals surface area contributed by atoms with E-state index >= 15 is 0 Å². The fourth-order valence-electron chi connectivity index (χ4n) is 3.25. The van der Waals surface area contributed by atoms with Crippen molar-refractivity contribution in [2.45, 2.75) is 18.5 Å². The Morgan fingerprint density at radius 2 is 1.97 bits per heavy atom. The number of hydrogen-bond acceptors (Lipinski definition) is 5. The monoisotopic (exact) mass is 404 g/mol. The van der Waals surface area contributed by atoms with Crippen molar-refractivity contribution in [3.05, 3.63) is 64.2 Å². The molecule has 1 saturated heterocycles. The molecule has 0 saturated carbocycles. The molecule has 0 radical (unpaired) electrons. The smallest absolute Gasteiger partial charge is 0.336 e. The number of aromatic amines is 2. The molecule has 150 valence electrons. The first kappa shape index (κ1) is 18.8. The van der Waals surface area contributed by atoms with Crippen molar-refractivity contribution < 1.29 is 18.0 Å². The van der Waals surface area contributed by atoms with E-state index in [9.17, 15) is 22.8 Å². The van der Waals surface area contributed by atoms with E-state index < -0.39 is 17.8 Å². The third kappa shape index (κ3) is 3.89. The molecule has 3 aromatic rings. The molecule has 0 aliphatic carbocycles. The summed E-state index contributed by atoms with van der Waals surface area (Å²) >= 11 is 0. The Hall–Kier alpha value is -3.50. The molecule has 0 spiro atoms. The molecule has 4 rings (SSSR count). The molecule has 0 bridgehead atoms. The lowest BCUT2D eigenvalue weighted by atomic mass is 10.1. The summed E-state index contributed by atoms with van der Waals surface area (Å²) in [7, 11) is 0. The molecule has 1 fully saturated rings. The maximum atomic E-state index is 12.7. The molecule has 3 aromatic heterocycles. The number of amides is 1. The number of likely N-dealkylation sites (tertiary alicyclic amines) is 1. The predicted octanol–water partition coefficient (Wildman–Crippen LogP) is 2.20. The average Bonchev–Trinajstić information content (AvgIpc) is 3.37. The third-order valence-corrected chi connectivity index (χ3v) is 4.70. The topological polar surface area (TPSA) is 108 Å². The van der Waals surface area contributed by atoms with Crippen molar-refractivity contribution in [1.82, 2.24) is 30.0 Å². The summed E-state index contributed by atoms with van der Waals surface area (Å²) in [5, 5.41) is 5.32. The van der Waals surface area contributed by atoms with E-state index in [1.807, 2.05) is 5.10 Å². The Kier molecular flexibility index (Phi) is 4.65. The first-order chi connectivity index (χ1) is 13.8. The molecule has 0 aromatic carbocycles. The lowest BCUT2D eigenvalue weighted by molar-refractivity contribution is -0.141. The van der Waals surface area contributed by atoms with Crippen LogP contribution in [0.5, 0.6) is 0 Å². The number of pyridine rings is 1. The van der Waals surface area contributed by atoms with Crippen molar-refractivity contribution >= 4 is 5.91 Å². The highest BCUT2D eigenvalue weighted by Crippen LogP contribution is 2.29. The van der Waals surface area contributed by atoms with Gasteiger partial charge in [0.25, 0.3) is 11.5 Å². The molecule has 1 atom stereocenters. The largest absolute Gasteiger partial charge is 0.432 e.